The van der Waals surface area contributed by atoms with Gasteiger partial charge in [-0.25, -0.2) is 0 Å². The fourth-order valence-corrected chi connectivity index (χ4v) is 4.69. The summed E-state index contributed by atoms with van der Waals surface area (Å²) in [7, 11) is 0. The van der Waals surface area contributed by atoms with E-state index >= 15 is 0 Å². The van der Waals surface area contributed by atoms with Gasteiger partial charge in [-0.2, -0.15) is 0 Å². The predicted molar refractivity (Wildman–Crippen MR) is 105 cm³/mol. The molecule has 1 atom stereocenters. The quantitative estimate of drug-likeness (QED) is 0.792. The van der Waals surface area contributed by atoms with Gasteiger partial charge in [-0.15, -0.1) is 0 Å². The van der Waals surface area contributed by atoms with E-state index in [4.69, 9.17) is 0 Å². The molecule has 3 heteroatoms. The minimum absolute atomic E-state index is 0.345. The molecule has 0 aromatic heterocycles. The first-order valence-electron chi connectivity index (χ1n) is 10.3. The number of aliphatic hydroxyl groups is 1. The van der Waals surface area contributed by atoms with E-state index in [2.05, 4.69) is 42.3 Å². The van der Waals surface area contributed by atoms with Crippen LogP contribution in [0.15, 0.2) is 18.2 Å². The van der Waals surface area contributed by atoms with Crippen molar-refractivity contribution >= 4 is 0 Å². The summed E-state index contributed by atoms with van der Waals surface area (Å²) in [4.78, 5) is 2.55. The molecule has 3 nitrogen and oxygen atoms in total. The van der Waals surface area contributed by atoms with Crippen molar-refractivity contribution < 1.29 is 5.11 Å². The van der Waals surface area contributed by atoms with Crippen LogP contribution in [-0.2, 0) is 6.54 Å². The van der Waals surface area contributed by atoms with Crippen molar-refractivity contribution in [2.24, 2.45) is 11.8 Å². The van der Waals surface area contributed by atoms with Gasteiger partial charge in [-0.05, 0) is 88.4 Å². The lowest BCUT2D eigenvalue weighted by Gasteiger charge is -2.33. The van der Waals surface area contributed by atoms with Gasteiger partial charge in [0.05, 0.1) is 6.61 Å². The lowest BCUT2D eigenvalue weighted by molar-refractivity contribution is 0.124. The number of rotatable bonds is 7. The maximum Gasteiger partial charge on any atom is 0.0586 e. The molecule has 140 valence electrons. The Labute approximate surface area is 153 Å². The number of benzene rings is 1. The van der Waals surface area contributed by atoms with Crippen LogP contribution in [0.3, 0.4) is 0 Å². The number of nitrogens with zero attached hydrogens (tertiary/aromatic N) is 1. The Hall–Kier alpha value is -0.900. The van der Waals surface area contributed by atoms with E-state index in [-0.39, 0.29) is 0 Å². The van der Waals surface area contributed by atoms with Gasteiger partial charge in [0, 0.05) is 19.1 Å². The van der Waals surface area contributed by atoms with E-state index < -0.39 is 0 Å². The molecule has 25 heavy (non-hydrogen) atoms. The average Bonchev–Trinajstić information content (AvgIpc) is 3.06. The van der Waals surface area contributed by atoms with Crippen molar-refractivity contribution in [3.63, 3.8) is 0 Å². The molecule has 1 aromatic rings. The first kappa shape index (κ1) is 18.9. The standard InChI is InChI=1S/C22H36N2O/c1-17-5-6-18(2)21(12-17)14-23-13-19-7-9-20(10-8-19)15-24-11-3-4-22(24)16-25/h5-6,12,19-20,22-23,25H,3-4,7-11,13-16H2,1-2H3. The highest BCUT2D eigenvalue weighted by Gasteiger charge is 2.28. The number of aliphatic hydroxyl groups excluding tert-OH is 1. The zero-order chi connectivity index (χ0) is 17.6. The lowest BCUT2D eigenvalue weighted by atomic mass is 9.81. The summed E-state index contributed by atoms with van der Waals surface area (Å²) in [5.41, 5.74) is 4.19. The van der Waals surface area contributed by atoms with E-state index in [9.17, 15) is 5.11 Å². The van der Waals surface area contributed by atoms with Crippen LogP contribution < -0.4 is 5.32 Å². The fraction of sp³-hybridized carbons (Fsp3) is 0.727. The van der Waals surface area contributed by atoms with Crippen molar-refractivity contribution in [3.8, 4) is 0 Å². The lowest BCUT2D eigenvalue weighted by Crippen LogP contribution is -2.37. The van der Waals surface area contributed by atoms with Crippen LogP contribution in [0.25, 0.3) is 0 Å². The highest BCUT2D eigenvalue weighted by molar-refractivity contribution is 5.30. The average molecular weight is 345 g/mol. The number of aryl methyl sites for hydroxylation is 2. The normalized spacial score (nSPS) is 27.7. The molecule has 0 spiro atoms. The van der Waals surface area contributed by atoms with Crippen molar-refractivity contribution in [2.75, 3.05) is 26.2 Å². The summed E-state index contributed by atoms with van der Waals surface area (Å²) in [6.07, 6.45) is 7.91. The second-order valence-electron chi connectivity index (χ2n) is 8.42. The largest absolute Gasteiger partial charge is 0.395 e. The topological polar surface area (TPSA) is 35.5 Å². The van der Waals surface area contributed by atoms with E-state index in [0.29, 0.717) is 12.6 Å². The highest BCUT2D eigenvalue weighted by Crippen LogP contribution is 2.30. The summed E-state index contributed by atoms with van der Waals surface area (Å²) in [5, 5.41) is 13.2. The summed E-state index contributed by atoms with van der Waals surface area (Å²) in [6.45, 7) is 9.29. The summed E-state index contributed by atoms with van der Waals surface area (Å²) in [6, 6.07) is 7.18. The SMILES string of the molecule is Cc1ccc(C)c(CNCC2CCC(CN3CCCC3CO)CC2)c1. The second-order valence-corrected chi connectivity index (χ2v) is 8.42. The van der Waals surface area contributed by atoms with Crippen LogP contribution in [-0.4, -0.2) is 42.3 Å². The molecule has 2 N–H and O–H groups in total. The minimum Gasteiger partial charge on any atom is -0.395 e. The minimum atomic E-state index is 0.345. The monoisotopic (exact) mass is 344 g/mol. The molecule has 1 saturated heterocycles. The van der Waals surface area contributed by atoms with Crippen molar-refractivity contribution in [1.29, 1.82) is 0 Å². The van der Waals surface area contributed by atoms with E-state index in [1.165, 1.54) is 68.3 Å². The van der Waals surface area contributed by atoms with Crippen LogP contribution in [0.5, 0.6) is 0 Å². The third-order valence-electron chi connectivity index (χ3n) is 6.42. The molecule has 3 rings (SSSR count). The van der Waals surface area contributed by atoms with Crippen molar-refractivity contribution in [2.45, 2.75) is 65.0 Å². The van der Waals surface area contributed by atoms with Gasteiger partial charge in [-0.1, -0.05) is 23.8 Å². The molecule has 1 aliphatic carbocycles. The molecule has 0 amide bonds. The van der Waals surface area contributed by atoms with Crippen molar-refractivity contribution in [1.82, 2.24) is 10.2 Å². The van der Waals surface area contributed by atoms with Crippen LogP contribution in [0, 0.1) is 25.7 Å². The third kappa shape index (κ3) is 5.29. The summed E-state index contributed by atoms with van der Waals surface area (Å²) < 4.78 is 0. The number of hydrogen-bond donors (Lipinski definition) is 2. The Morgan fingerprint density at radius 3 is 2.60 bits per heavy atom. The first-order chi connectivity index (χ1) is 12.2. The molecule has 2 aliphatic rings. The Kier molecular flexibility index (Phi) is 6.92. The molecule has 1 saturated carbocycles. The maximum atomic E-state index is 9.49. The van der Waals surface area contributed by atoms with Gasteiger partial charge in [0.1, 0.15) is 0 Å². The summed E-state index contributed by atoms with van der Waals surface area (Å²) in [5.74, 6) is 1.69. The highest BCUT2D eigenvalue weighted by atomic mass is 16.3. The van der Waals surface area contributed by atoms with Gasteiger partial charge in [-0.3, -0.25) is 4.90 Å². The Morgan fingerprint density at radius 1 is 1.08 bits per heavy atom. The number of hydrogen-bond acceptors (Lipinski definition) is 3. The van der Waals surface area contributed by atoms with Crippen LogP contribution >= 0.6 is 0 Å². The molecule has 0 bridgehead atoms. The summed E-state index contributed by atoms with van der Waals surface area (Å²) >= 11 is 0. The van der Waals surface area contributed by atoms with Crippen LogP contribution in [0.2, 0.25) is 0 Å². The Morgan fingerprint density at radius 2 is 1.84 bits per heavy atom. The molecule has 2 fully saturated rings. The van der Waals surface area contributed by atoms with Crippen LogP contribution in [0.4, 0.5) is 0 Å². The molecule has 1 unspecified atom stereocenters. The molecular formula is C22H36N2O. The Bertz CT molecular complexity index is 537. The Balaban J connectivity index is 1.36. The zero-order valence-corrected chi connectivity index (χ0v) is 16.1. The maximum absolute atomic E-state index is 9.49. The third-order valence-corrected chi connectivity index (χ3v) is 6.42. The number of likely N-dealkylation sites (tertiary alicyclic amines) is 1. The molecule has 1 aliphatic heterocycles. The second kappa shape index (κ2) is 9.16. The fourth-order valence-electron chi connectivity index (χ4n) is 4.69. The smallest absolute Gasteiger partial charge is 0.0586 e. The van der Waals surface area contributed by atoms with E-state index in [0.717, 1.165) is 24.9 Å². The molecular weight excluding hydrogens is 308 g/mol. The van der Waals surface area contributed by atoms with Gasteiger partial charge in [0.2, 0.25) is 0 Å². The van der Waals surface area contributed by atoms with Gasteiger partial charge < -0.3 is 10.4 Å². The first-order valence-corrected chi connectivity index (χ1v) is 10.3. The van der Waals surface area contributed by atoms with Crippen molar-refractivity contribution in [3.05, 3.63) is 34.9 Å². The van der Waals surface area contributed by atoms with E-state index in [1.54, 1.807) is 0 Å². The van der Waals surface area contributed by atoms with Gasteiger partial charge in [0.25, 0.3) is 0 Å². The zero-order valence-electron chi connectivity index (χ0n) is 16.1. The number of nitrogens with one attached hydrogen (secondary N) is 1. The molecule has 1 heterocycles. The van der Waals surface area contributed by atoms with Gasteiger partial charge in [0.15, 0.2) is 0 Å². The molecule has 1 aromatic carbocycles. The van der Waals surface area contributed by atoms with E-state index in [1.807, 2.05) is 0 Å². The van der Waals surface area contributed by atoms with Crippen LogP contribution in [0.1, 0.15) is 55.2 Å². The predicted octanol–water partition coefficient (Wildman–Crippen LogP) is 3.66. The molecule has 0 radical (unpaired) electrons. The van der Waals surface area contributed by atoms with Gasteiger partial charge >= 0.3 is 0 Å².